The van der Waals surface area contributed by atoms with Crippen LogP contribution in [0.4, 0.5) is 5.69 Å². The zero-order chi connectivity index (χ0) is 9.42. The number of hydrogen-bond donors (Lipinski definition) is 2. The van der Waals surface area contributed by atoms with E-state index in [0.29, 0.717) is 11.8 Å². The fraction of sp³-hybridized carbons (Fsp3) is 0.455. The molecule has 0 bridgehead atoms. The van der Waals surface area contributed by atoms with Crippen LogP contribution in [-0.2, 0) is 0 Å². The largest absolute Gasteiger partial charge is 0.399 e. The van der Waals surface area contributed by atoms with Gasteiger partial charge in [0.1, 0.15) is 0 Å². The molecule has 0 aliphatic heterocycles. The summed E-state index contributed by atoms with van der Waals surface area (Å²) < 4.78 is 0. The third-order valence-electron chi connectivity index (χ3n) is 2.82. The minimum Gasteiger partial charge on any atom is -0.399 e. The lowest BCUT2D eigenvalue weighted by atomic mass is 10.1. The highest BCUT2D eigenvalue weighted by atomic mass is 16.3. The summed E-state index contributed by atoms with van der Waals surface area (Å²) in [5, 5.41) is 9.35. The third-order valence-corrected chi connectivity index (χ3v) is 2.82. The van der Waals surface area contributed by atoms with Crippen molar-refractivity contribution in [3.8, 4) is 0 Å². The molecule has 2 heteroatoms. The summed E-state index contributed by atoms with van der Waals surface area (Å²) >= 11 is 0. The van der Waals surface area contributed by atoms with Gasteiger partial charge in [-0.1, -0.05) is 12.1 Å². The van der Waals surface area contributed by atoms with Crippen LogP contribution in [0.1, 0.15) is 24.8 Å². The number of nitrogens with two attached hydrogens (primary N) is 1. The van der Waals surface area contributed by atoms with Crippen molar-refractivity contribution in [3.05, 3.63) is 29.8 Å². The maximum Gasteiger partial charge on any atom is 0.0546 e. The average molecular weight is 177 g/mol. The molecule has 13 heavy (non-hydrogen) atoms. The van der Waals surface area contributed by atoms with Crippen LogP contribution >= 0.6 is 0 Å². The van der Waals surface area contributed by atoms with Crippen molar-refractivity contribution in [3.63, 3.8) is 0 Å². The quantitative estimate of drug-likeness (QED) is 0.676. The highest BCUT2D eigenvalue weighted by molar-refractivity contribution is 5.41. The summed E-state index contributed by atoms with van der Waals surface area (Å²) in [6, 6.07) is 7.96. The van der Waals surface area contributed by atoms with E-state index in [1.807, 2.05) is 19.1 Å². The Morgan fingerprint density at radius 3 is 2.46 bits per heavy atom. The first-order valence-electron chi connectivity index (χ1n) is 4.72. The Morgan fingerprint density at radius 2 is 2.00 bits per heavy atom. The van der Waals surface area contributed by atoms with Crippen LogP contribution in [0.5, 0.6) is 0 Å². The Bertz CT molecular complexity index is 291. The molecule has 1 aliphatic carbocycles. The van der Waals surface area contributed by atoms with Crippen molar-refractivity contribution in [2.75, 3.05) is 5.73 Å². The van der Waals surface area contributed by atoms with Crippen LogP contribution in [-0.4, -0.2) is 11.2 Å². The van der Waals surface area contributed by atoms with Crippen LogP contribution in [0.25, 0.3) is 0 Å². The number of aliphatic hydroxyl groups excluding tert-OH is 1. The molecule has 0 radical (unpaired) electrons. The highest BCUT2D eigenvalue weighted by Crippen LogP contribution is 2.49. The molecule has 0 heterocycles. The topological polar surface area (TPSA) is 46.2 Å². The predicted octanol–water partition coefficient (Wildman–Crippen LogP) is 1.75. The van der Waals surface area contributed by atoms with Crippen LogP contribution in [0, 0.1) is 5.92 Å². The van der Waals surface area contributed by atoms with Gasteiger partial charge >= 0.3 is 0 Å². The van der Waals surface area contributed by atoms with E-state index in [9.17, 15) is 5.11 Å². The molecule has 3 N–H and O–H groups in total. The van der Waals surface area contributed by atoms with E-state index < -0.39 is 0 Å². The van der Waals surface area contributed by atoms with Gasteiger partial charge in [-0.05, 0) is 42.9 Å². The normalized spacial score (nSPS) is 28.5. The monoisotopic (exact) mass is 177 g/mol. The standard InChI is InChI=1S/C11H15NO/c1-7(13)10-6-11(10)8-2-4-9(12)5-3-8/h2-5,7,10-11,13H,6,12H2,1H3/t7-,10+,11+/m0/s1. The van der Waals surface area contributed by atoms with Crippen LogP contribution in [0.15, 0.2) is 24.3 Å². The average Bonchev–Trinajstić information content (AvgIpc) is 2.85. The smallest absolute Gasteiger partial charge is 0.0546 e. The fourth-order valence-electron chi connectivity index (χ4n) is 1.87. The molecular formula is C11H15NO. The molecule has 70 valence electrons. The molecule has 3 atom stereocenters. The molecule has 0 unspecified atom stereocenters. The summed E-state index contributed by atoms with van der Waals surface area (Å²) in [5.41, 5.74) is 7.70. The zero-order valence-corrected chi connectivity index (χ0v) is 7.77. The van der Waals surface area contributed by atoms with E-state index in [2.05, 4.69) is 12.1 Å². The molecule has 0 aromatic heterocycles. The van der Waals surface area contributed by atoms with Gasteiger partial charge in [-0.2, -0.15) is 0 Å². The van der Waals surface area contributed by atoms with Gasteiger partial charge in [-0.25, -0.2) is 0 Å². The van der Waals surface area contributed by atoms with Gasteiger partial charge in [0, 0.05) is 5.69 Å². The zero-order valence-electron chi connectivity index (χ0n) is 7.77. The number of benzene rings is 1. The van der Waals surface area contributed by atoms with E-state index >= 15 is 0 Å². The summed E-state index contributed by atoms with van der Waals surface area (Å²) in [7, 11) is 0. The van der Waals surface area contributed by atoms with Gasteiger partial charge < -0.3 is 10.8 Å². The Kier molecular flexibility index (Phi) is 2.00. The molecule has 1 aromatic carbocycles. The van der Waals surface area contributed by atoms with Crippen LogP contribution in [0.2, 0.25) is 0 Å². The second-order valence-corrected chi connectivity index (χ2v) is 3.91. The van der Waals surface area contributed by atoms with Gasteiger partial charge in [-0.3, -0.25) is 0 Å². The van der Waals surface area contributed by atoms with E-state index in [4.69, 9.17) is 5.73 Å². The van der Waals surface area contributed by atoms with Gasteiger partial charge in [0.25, 0.3) is 0 Å². The lowest BCUT2D eigenvalue weighted by Gasteiger charge is -2.03. The number of anilines is 1. The first-order chi connectivity index (χ1) is 6.18. The van der Waals surface area contributed by atoms with Gasteiger partial charge in [0.05, 0.1) is 6.10 Å². The predicted molar refractivity (Wildman–Crippen MR) is 53.4 cm³/mol. The molecule has 1 saturated carbocycles. The van der Waals surface area contributed by atoms with E-state index in [1.165, 1.54) is 5.56 Å². The lowest BCUT2D eigenvalue weighted by molar-refractivity contribution is 0.169. The molecule has 1 fully saturated rings. The second kappa shape index (κ2) is 3.04. The van der Waals surface area contributed by atoms with Crippen molar-refractivity contribution >= 4 is 5.69 Å². The molecular weight excluding hydrogens is 162 g/mol. The summed E-state index contributed by atoms with van der Waals surface area (Å²) in [4.78, 5) is 0. The summed E-state index contributed by atoms with van der Waals surface area (Å²) in [6.45, 7) is 1.86. The summed E-state index contributed by atoms with van der Waals surface area (Å²) in [5.74, 6) is 1.02. The molecule has 2 nitrogen and oxygen atoms in total. The van der Waals surface area contributed by atoms with E-state index in [0.717, 1.165) is 12.1 Å². The van der Waals surface area contributed by atoms with E-state index in [1.54, 1.807) is 0 Å². The minimum absolute atomic E-state index is 0.178. The van der Waals surface area contributed by atoms with Crippen molar-refractivity contribution in [2.45, 2.75) is 25.4 Å². The minimum atomic E-state index is -0.178. The lowest BCUT2D eigenvalue weighted by Crippen LogP contribution is -2.03. The number of nitrogen functional groups attached to an aromatic ring is 1. The summed E-state index contributed by atoms with van der Waals surface area (Å²) in [6.07, 6.45) is 0.934. The van der Waals surface area contributed by atoms with Crippen molar-refractivity contribution in [1.29, 1.82) is 0 Å². The first kappa shape index (κ1) is 8.57. The fourth-order valence-corrected chi connectivity index (χ4v) is 1.87. The van der Waals surface area contributed by atoms with Gasteiger partial charge in [0.2, 0.25) is 0 Å². The van der Waals surface area contributed by atoms with Crippen molar-refractivity contribution in [1.82, 2.24) is 0 Å². The Morgan fingerprint density at radius 1 is 1.38 bits per heavy atom. The number of hydrogen-bond acceptors (Lipinski definition) is 2. The van der Waals surface area contributed by atoms with E-state index in [-0.39, 0.29) is 6.10 Å². The Balaban J connectivity index is 2.08. The van der Waals surface area contributed by atoms with Crippen LogP contribution in [0.3, 0.4) is 0 Å². The molecule has 2 rings (SSSR count). The molecule has 1 aliphatic rings. The highest BCUT2D eigenvalue weighted by Gasteiger charge is 2.41. The van der Waals surface area contributed by atoms with Crippen molar-refractivity contribution < 1.29 is 5.11 Å². The molecule has 1 aromatic rings. The molecule has 0 amide bonds. The van der Waals surface area contributed by atoms with Crippen LogP contribution < -0.4 is 5.73 Å². The van der Waals surface area contributed by atoms with Crippen molar-refractivity contribution in [2.24, 2.45) is 5.92 Å². The Labute approximate surface area is 78.4 Å². The number of aliphatic hydroxyl groups is 1. The third kappa shape index (κ3) is 1.68. The molecule has 0 saturated heterocycles. The van der Waals surface area contributed by atoms with Gasteiger partial charge in [-0.15, -0.1) is 0 Å². The number of rotatable bonds is 2. The maximum absolute atomic E-state index is 9.35. The first-order valence-corrected chi connectivity index (χ1v) is 4.72. The Hall–Kier alpha value is -1.02. The molecule has 0 spiro atoms. The SMILES string of the molecule is C[C@H](O)[C@H]1C[C@@H]1c1ccc(N)cc1. The maximum atomic E-state index is 9.35. The second-order valence-electron chi connectivity index (χ2n) is 3.91. The van der Waals surface area contributed by atoms with Gasteiger partial charge in [0.15, 0.2) is 0 Å².